The lowest BCUT2D eigenvalue weighted by atomic mass is 9.97. The highest BCUT2D eigenvalue weighted by atomic mass is 16.6. The fourth-order valence-electron chi connectivity index (χ4n) is 3.96. The average molecular weight is 409 g/mol. The highest BCUT2D eigenvalue weighted by molar-refractivity contribution is 6.03. The first kappa shape index (κ1) is 20.0. The minimum absolute atomic E-state index is 0.00235. The summed E-state index contributed by atoms with van der Waals surface area (Å²) in [6.07, 6.45) is 8.20. The SMILES string of the molecule is CNC(=O)CC1CON=C2/C(=C/c3ccc(-n4cnc(C)c4)c(OC)c3)CCCN21. The molecule has 1 amide bonds. The van der Waals surface area contributed by atoms with Gasteiger partial charge in [0, 0.05) is 19.8 Å². The number of amidine groups is 1. The van der Waals surface area contributed by atoms with Crippen LogP contribution in [0.15, 0.2) is 41.5 Å². The molecule has 1 N–H and O–H groups in total. The van der Waals surface area contributed by atoms with Crippen LogP contribution in [-0.2, 0) is 9.63 Å². The number of methoxy groups -OCH3 is 1. The number of carbonyl (C=O) groups excluding carboxylic acids is 1. The van der Waals surface area contributed by atoms with Gasteiger partial charge in [-0.2, -0.15) is 0 Å². The summed E-state index contributed by atoms with van der Waals surface area (Å²) in [6, 6.07) is 6.11. The first-order valence-corrected chi connectivity index (χ1v) is 10.2. The summed E-state index contributed by atoms with van der Waals surface area (Å²) in [5.41, 5.74) is 4.03. The minimum atomic E-state index is 0.00235. The standard InChI is InChI=1S/C22H27N5O3/c1-15-12-26(14-24-15)19-7-6-16(10-20(19)29-3)9-17-5-4-8-27-18(11-21(28)23-2)13-30-25-22(17)27/h6-7,9-10,12,14,18H,4-5,8,11,13H2,1-3H3,(H,23,28)/b17-9+. The van der Waals surface area contributed by atoms with Gasteiger partial charge in [0.25, 0.3) is 0 Å². The molecule has 1 saturated heterocycles. The van der Waals surface area contributed by atoms with E-state index in [2.05, 4.69) is 32.5 Å². The number of benzene rings is 1. The Morgan fingerprint density at radius 3 is 3.03 bits per heavy atom. The van der Waals surface area contributed by atoms with Crippen LogP contribution in [0.4, 0.5) is 0 Å². The maximum Gasteiger partial charge on any atom is 0.221 e. The molecule has 0 radical (unpaired) electrons. The van der Waals surface area contributed by atoms with Crippen molar-refractivity contribution >= 4 is 17.8 Å². The molecule has 0 bridgehead atoms. The maximum absolute atomic E-state index is 11.9. The molecular formula is C22H27N5O3. The summed E-state index contributed by atoms with van der Waals surface area (Å²) in [6.45, 7) is 3.27. The number of piperidine rings is 1. The van der Waals surface area contributed by atoms with E-state index >= 15 is 0 Å². The zero-order valence-corrected chi connectivity index (χ0v) is 17.6. The first-order valence-electron chi connectivity index (χ1n) is 10.2. The number of fused-ring (bicyclic) bond motifs is 1. The van der Waals surface area contributed by atoms with Gasteiger partial charge in [0.1, 0.15) is 12.4 Å². The van der Waals surface area contributed by atoms with Gasteiger partial charge >= 0.3 is 0 Å². The molecule has 158 valence electrons. The molecule has 1 aromatic carbocycles. The molecule has 3 heterocycles. The fraction of sp³-hybridized carbons (Fsp3) is 0.409. The van der Waals surface area contributed by atoms with E-state index in [1.54, 1.807) is 20.5 Å². The Morgan fingerprint density at radius 2 is 2.30 bits per heavy atom. The summed E-state index contributed by atoms with van der Waals surface area (Å²) >= 11 is 0. The van der Waals surface area contributed by atoms with Gasteiger partial charge in [0.2, 0.25) is 5.91 Å². The number of aromatic nitrogens is 2. The van der Waals surface area contributed by atoms with Gasteiger partial charge in [0.05, 0.1) is 37.3 Å². The monoisotopic (exact) mass is 409 g/mol. The van der Waals surface area contributed by atoms with Crippen LogP contribution in [0, 0.1) is 6.92 Å². The highest BCUT2D eigenvalue weighted by Gasteiger charge is 2.33. The molecule has 0 spiro atoms. The van der Waals surface area contributed by atoms with Crippen molar-refractivity contribution in [3.8, 4) is 11.4 Å². The molecule has 1 atom stereocenters. The van der Waals surface area contributed by atoms with E-state index in [9.17, 15) is 4.79 Å². The van der Waals surface area contributed by atoms with Gasteiger partial charge in [-0.3, -0.25) is 4.79 Å². The molecule has 8 heteroatoms. The van der Waals surface area contributed by atoms with Gasteiger partial charge in [-0.05, 0) is 49.1 Å². The second kappa shape index (κ2) is 8.61. The first-order chi connectivity index (χ1) is 14.6. The Bertz CT molecular complexity index is 994. The Labute approximate surface area is 176 Å². The van der Waals surface area contributed by atoms with E-state index in [0.29, 0.717) is 13.0 Å². The van der Waals surface area contributed by atoms with Gasteiger partial charge in [0.15, 0.2) is 5.84 Å². The molecular weight excluding hydrogens is 382 g/mol. The summed E-state index contributed by atoms with van der Waals surface area (Å²) < 4.78 is 7.59. The molecule has 8 nitrogen and oxygen atoms in total. The minimum Gasteiger partial charge on any atom is -0.495 e. The van der Waals surface area contributed by atoms with Crippen LogP contribution in [0.1, 0.15) is 30.5 Å². The van der Waals surface area contributed by atoms with Crippen LogP contribution in [0.2, 0.25) is 0 Å². The van der Waals surface area contributed by atoms with Crippen molar-refractivity contribution in [2.45, 2.75) is 32.2 Å². The lowest BCUT2D eigenvalue weighted by Gasteiger charge is -2.39. The van der Waals surface area contributed by atoms with Crippen LogP contribution in [-0.4, -0.2) is 59.5 Å². The molecule has 2 aliphatic heterocycles. The predicted octanol–water partition coefficient (Wildman–Crippen LogP) is 2.52. The molecule has 0 saturated carbocycles. The number of amides is 1. The van der Waals surface area contributed by atoms with E-state index in [1.807, 2.05) is 29.8 Å². The summed E-state index contributed by atoms with van der Waals surface area (Å²) in [5, 5.41) is 7.02. The van der Waals surface area contributed by atoms with Crippen LogP contribution in [0.25, 0.3) is 11.8 Å². The van der Waals surface area contributed by atoms with Crippen molar-refractivity contribution < 1.29 is 14.4 Å². The highest BCUT2D eigenvalue weighted by Crippen LogP contribution is 2.29. The molecule has 30 heavy (non-hydrogen) atoms. The molecule has 2 aliphatic rings. The average Bonchev–Trinajstić information content (AvgIpc) is 3.20. The number of carbonyl (C=O) groups is 1. The third-order valence-electron chi connectivity index (χ3n) is 5.50. The smallest absolute Gasteiger partial charge is 0.221 e. The largest absolute Gasteiger partial charge is 0.495 e. The van der Waals surface area contributed by atoms with E-state index in [-0.39, 0.29) is 11.9 Å². The van der Waals surface area contributed by atoms with Crippen LogP contribution >= 0.6 is 0 Å². The summed E-state index contributed by atoms with van der Waals surface area (Å²) in [4.78, 5) is 23.9. The van der Waals surface area contributed by atoms with Crippen molar-refractivity contribution in [3.63, 3.8) is 0 Å². The van der Waals surface area contributed by atoms with E-state index in [1.165, 1.54) is 0 Å². The molecule has 1 unspecified atom stereocenters. The van der Waals surface area contributed by atoms with Crippen molar-refractivity contribution in [3.05, 3.63) is 47.6 Å². The Balaban J connectivity index is 1.61. The van der Waals surface area contributed by atoms with Crippen LogP contribution < -0.4 is 10.1 Å². The number of hydrogen-bond donors (Lipinski definition) is 1. The van der Waals surface area contributed by atoms with Crippen LogP contribution in [0.3, 0.4) is 0 Å². The Kier molecular flexibility index (Phi) is 5.74. The Morgan fingerprint density at radius 1 is 1.43 bits per heavy atom. The zero-order chi connectivity index (χ0) is 21.1. The predicted molar refractivity (Wildman–Crippen MR) is 115 cm³/mol. The molecule has 4 rings (SSSR count). The van der Waals surface area contributed by atoms with Gasteiger partial charge in [-0.15, -0.1) is 0 Å². The van der Waals surface area contributed by atoms with E-state index < -0.39 is 0 Å². The number of ether oxygens (including phenoxy) is 1. The fourth-order valence-corrected chi connectivity index (χ4v) is 3.96. The van der Waals surface area contributed by atoms with E-state index in [4.69, 9.17) is 9.57 Å². The number of imidazole rings is 1. The van der Waals surface area contributed by atoms with Crippen molar-refractivity contribution in [1.29, 1.82) is 0 Å². The summed E-state index contributed by atoms with van der Waals surface area (Å²) in [5.74, 6) is 1.61. The molecule has 0 aliphatic carbocycles. The van der Waals surface area contributed by atoms with Gasteiger partial charge in [-0.25, -0.2) is 4.98 Å². The van der Waals surface area contributed by atoms with E-state index in [0.717, 1.165) is 53.5 Å². The molecule has 1 aromatic heterocycles. The number of oxime groups is 1. The normalized spacial score (nSPS) is 19.7. The number of rotatable bonds is 5. The quantitative estimate of drug-likeness (QED) is 0.821. The second-order valence-electron chi connectivity index (χ2n) is 7.56. The maximum atomic E-state index is 11.9. The van der Waals surface area contributed by atoms with Crippen molar-refractivity contribution in [2.75, 3.05) is 27.3 Å². The third-order valence-corrected chi connectivity index (χ3v) is 5.50. The van der Waals surface area contributed by atoms with Crippen molar-refractivity contribution in [2.24, 2.45) is 5.16 Å². The number of hydrogen-bond acceptors (Lipinski definition) is 6. The van der Waals surface area contributed by atoms with Gasteiger partial charge < -0.3 is 24.4 Å². The Hall–Kier alpha value is -3.29. The molecule has 1 fully saturated rings. The third kappa shape index (κ3) is 4.03. The van der Waals surface area contributed by atoms with Gasteiger partial charge in [-0.1, -0.05) is 11.2 Å². The number of aryl methyl sites for hydroxylation is 1. The lowest BCUT2D eigenvalue weighted by Crippen LogP contribution is -2.50. The second-order valence-corrected chi connectivity index (χ2v) is 7.56. The van der Waals surface area contributed by atoms with Crippen molar-refractivity contribution in [1.82, 2.24) is 19.8 Å². The zero-order valence-electron chi connectivity index (χ0n) is 17.6. The van der Waals surface area contributed by atoms with Crippen LogP contribution in [0.5, 0.6) is 5.75 Å². The lowest BCUT2D eigenvalue weighted by molar-refractivity contribution is -0.122. The number of nitrogens with zero attached hydrogens (tertiary/aromatic N) is 4. The topological polar surface area (TPSA) is 81.0 Å². The molecule has 2 aromatic rings. The summed E-state index contributed by atoms with van der Waals surface area (Å²) in [7, 11) is 3.33. The number of nitrogens with one attached hydrogen (secondary N) is 1.